The number of aliphatic imine (C=N–C) groups is 1. The van der Waals surface area contributed by atoms with Gasteiger partial charge in [-0.15, -0.1) is 0 Å². The third-order valence-corrected chi connectivity index (χ3v) is 3.13. The molecule has 0 aliphatic heterocycles. The van der Waals surface area contributed by atoms with Crippen molar-refractivity contribution in [3.63, 3.8) is 0 Å². The Balaban J connectivity index is 2.01. The zero-order valence-electron chi connectivity index (χ0n) is 12.2. The van der Waals surface area contributed by atoms with Crippen LogP contribution < -0.4 is 15.2 Å². The number of H-pyrrole nitrogens is 1. The van der Waals surface area contributed by atoms with Gasteiger partial charge in [-0.05, 0) is 18.2 Å². The van der Waals surface area contributed by atoms with E-state index in [1.807, 2.05) is 24.3 Å². The number of methoxy groups -OCH3 is 1. The molecule has 0 aliphatic rings. The van der Waals surface area contributed by atoms with Crippen molar-refractivity contribution >= 4 is 16.9 Å². The Morgan fingerprint density at radius 2 is 2.14 bits per heavy atom. The van der Waals surface area contributed by atoms with E-state index in [9.17, 15) is 0 Å². The lowest BCUT2D eigenvalue weighted by Gasteiger charge is -2.08. The molecule has 1 aromatic carbocycles. The number of ether oxygens (including phenoxy) is 2. The quantitative estimate of drug-likeness (QED) is 0.567. The Kier molecular flexibility index (Phi) is 3.61. The zero-order valence-corrected chi connectivity index (χ0v) is 12.2. The molecule has 3 rings (SSSR count). The van der Waals surface area contributed by atoms with E-state index in [-0.39, 0.29) is 6.01 Å². The molecule has 0 saturated heterocycles. The second-order valence-corrected chi connectivity index (χ2v) is 4.49. The molecule has 0 atom stereocenters. The summed E-state index contributed by atoms with van der Waals surface area (Å²) in [5.41, 5.74) is 7.25. The minimum absolute atomic E-state index is 0.232. The first-order chi connectivity index (χ1) is 10.7. The van der Waals surface area contributed by atoms with Gasteiger partial charge in [-0.3, -0.25) is 4.99 Å². The van der Waals surface area contributed by atoms with E-state index in [1.54, 1.807) is 19.3 Å². The number of aromatic nitrogens is 3. The Hall–Kier alpha value is -3.09. The number of hydrogen-bond acceptors (Lipinski definition) is 5. The van der Waals surface area contributed by atoms with Crippen LogP contribution in [-0.4, -0.2) is 34.9 Å². The first-order valence-corrected chi connectivity index (χ1v) is 6.61. The number of nitrogens with zero attached hydrogens (tertiary/aromatic N) is 3. The minimum Gasteiger partial charge on any atom is -0.467 e. The first-order valence-electron chi connectivity index (χ1n) is 6.61. The maximum Gasteiger partial charge on any atom is 0.321 e. The summed E-state index contributed by atoms with van der Waals surface area (Å²) in [5.74, 6) is 1.46. The summed E-state index contributed by atoms with van der Waals surface area (Å²) in [7, 11) is 3.15. The van der Waals surface area contributed by atoms with Crippen LogP contribution in [0.3, 0.4) is 0 Å². The fourth-order valence-electron chi connectivity index (χ4n) is 2.02. The van der Waals surface area contributed by atoms with Gasteiger partial charge in [-0.25, -0.2) is 0 Å². The molecule has 0 spiro atoms. The third-order valence-electron chi connectivity index (χ3n) is 3.13. The van der Waals surface area contributed by atoms with Crippen LogP contribution >= 0.6 is 0 Å². The number of nitrogens with two attached hydrogens (primary N) is 1. The topological polar surface area (TPSA) is 98.4 Å². The smallest absolute Gasteiger partial charge is 0.321 e. The van der Waals surface area contributed by atoms with Gasteiger partial charge in [0, 0.05) is 18.8 Å². The molecule has 7 heteroatoms. The molecule has 2 heterocycles. The van der Waals surface area contributed by atoms with E-state index in [4.69, 9.17) is 15.2 Å². The van der Waals surface area contributed by atoms with Crippen molar-refractivity contribution in [2.45, 2.75) is 0 Å². The summed E-state index contributed by atoms with van der Waals surface area (Å²) in [4.78, 5) is 15.4. The van der Waals surface area contributed by atoms with E-state index < -0.39 is 0 Å². The van der Waals surface area contributed by atoms with Gasteiger partial charge in [0.2, 0.25) is 5.88 Å². The second-order valence-electron chi connectivity index (χ2n) is 4.49. The third kappa shape index (κ3) is 2.56. The van der Waals surface area contributed by atoms with Gasteiger partial charge in [0.15, 0.2) is 0 Å². The fourth-order valence-corrected chi connectivity index (χ4v) is 2.02. The average Bonchev–Trinajstić information content (AvgIpc) is 3.03. The highest BCUT2D eigenvalue weighted by molar-refractivity contribution is 5.97. The highest BCUT2D eigenvalue weighted by Gasteiger charge is 2.11. The molecule has 22 heavy (non-hydrogen) atoms. The van der Waals surface area contributed by atoms with Crippen LogP contribution in [-0.2, 0) is 0 Å². The van der Waals surface area contributed by atoms with Crippen molar-refractivity contribution in [3.8, 4) is 17.6 Å². The summed E-state index contributed by atoms with van der Waals surface area (Å²) < 4.78 is 11.0. The Labute approximate surface area is 126 Å². The largest absolute Gasteiger partial charge is 0.467 e. The lowest BCUT2D eigenvalue weighted by atomic mass is 10.2. The van der Waals surface area contributed by atoms with E-state index in [1.165, 1.54) is 7.11 Å². The molecule has 0 amide bonds. The number of fused-ring (bicyclic) bond motifs is 1. The van der Waals surface area contributed by atoms with Crippen LogP contribution in [0.1, 0.15) is 5.56 Å². The predicted octanol–water partition coefficient (Wildman–Crippen LogP) is 2.09. The SMILES string of the molecule is CN=C(N)c1cccc(Oc2nc(OC)nc3[nH]ccc23)c1. The summed E-state index contributed by atoms with van der Waals surface area (Å²) in [6.07, 6.45) is 1.77. The molecular weight excluding hydrogens is 282 g/mol. The number of benzene rings is 1. The molecule has 2 aromatic heterocycles. The van der Waals surface area contributed by atoms with E-state index in [2.05, 4.69) is 19.9 Å². The normalized spacial score (nSPS) is 11.6. The summed E-state index contributed by atoms with van der Waals surface area (Å²) >= 11 is 0. The van der Waals surface area contributed by atoms with E-state index >= 15 is 0 Å². The van der Waals surface area contributed by atoms with Gasteiger partial charge >= 0.3 is 6.01 Å². The second kappa shape index (κ2) is 5.72. The van der Waals surface area contributed by atoms with Crippen molar-refractivity contribution in [2.24, 2.45) is 10.7 Å². The van der Waals surface area contributed by atoms with Crippen LogP contribution in [0.5, 0.6) is 17.6 Å². The maximum atomic E-state index is 5.87. The van der Waals surface area contributed by atoms with Crippen LogP contribution in [0.4, 0.5) is 0 Å². The Bertz CT molecular complexity index is 841. The molecule has 0 unspecified atom stereocenters. The van der Waals surface area contributed by atoms with Gasteiger partial charge in [0.05, 0.1) is 12.5 Å². The van der Waals surface area contributed by atoms with Gasteiger partial charge in [0.1, 0.15) is 17.2 Å². The Morgan fingerprint density at radius 1 is 1.27 bits per heavy atom. The molecule has 112 valence electrons. The van der Waals surface area contributed by atoms with Crippen molar-refractivity contribution in [1.82, 2.24) is 15.0 Å². The molecule has 0 radical (unpaired) electrons. The number of nitrogens with one attached hydrogen (secondary N) is 1. The van der Waals surface area contributed by atoms with Crippen LogP contribution in [0.15, 0.2) is 41.5 Å². The van der Waals surface area contributed by atoms with E-state index in [0.717, 1.165) is 10.9 Å². The number of hydrogen-bond donors (Lipinski definition) is 2. The molecule has 0 bridgehead atoms. The summed E-state index contributed by atoms with van der Waals surface area (Å²) in [6.45, 7) is 0. The summed E-state index contributed by atoms with van der Waals surface area (Å²) in [6, 6.07) is 9.40. The predicted molar refractivity (Wildman–Crippen MR) is 83.6 cm³/mol. The highest BCUT2D eigenvalue weighted by atomic mass is 16.5. The number of amidine groups is 1. The van der Waals surface area contributed by atoms with Crippen LogP contribution in [0.25, 0.3) is 11.0 Å². The maximum absolute atomic E-state index is 5.87. The standard InChI is InChI=1S/C15H15N5O2/c1-17-12(16)9-4-3-5-10(8-9)22-14-11-6-7-18-13(11)19-15(20-14)21-2/h3-8H,1-2H3,(H2,16,17)(H,18,19,20). The molecule has 7 nitrogen and oxygen atoms in total. The highest BCUT2D eigenvalue weighted by Crippen LogP contribution is 2.28. The molecule has 0 fully saturated rings. The zero-order chi connectivity index (χ0) is 15.5. The fraction of sp³-hybridized carbons (Fsp3) is 0.133. The summed E-state index contributed by atoms with van der Waals surface area (Å²) in [5, 5.41) is 0.767. The van der Waals surface area contributed by atoms with Crippen LogP contribution in [0.2, 0.25) is 0 Å². The Morgan fingerprint density at radius 3 is 2.91 bits per heavy atom. The van der Waals surface area contributed by atoms with Crippen molar-refractivity contribution < 1.29 is 9.47 Å². The van der Waals surface area contributed by atoms with Gasteiger partial charge in [-0.2, -0.15) is 9.97 Å². The first kappa shape index (κ1) is 13.9. The van der Waals surface area contributed by atoms with Gasteiger partial charge in [0.25, 0.3) is 0 Å². The van der Waals surface area contributed by atoms with Crippen LogP contribution in [0, 0.1) is 0 Å². The van der Waals surface area contributed by atoms with Gasteiger partial charge < -0.3 is 20.2 Å². The lowest BCUT2D eigenvalue weighted by Crippen LogP contribution is -2.12. The van der Waals surface area contributed by atoms with Crippen molar-refractivity contribution in [2.75, 3.05) is 14.2 Å². The molecule has 3 aromatic rings. The minimum atomic E-state index is 0.232. The average molecular weight is 297 g/mol. The van der Waals surface area contributed by atoms with E-state index in [0.29, 0.717) is 23.1 Å². The van der Waals surface area contributed by atoms with Crippen molar-refractivity contribution in [1.29, 1.82) is 0 Å². The molecule has 3 N–H and O–H groups in total. The number of aromatic amines is 1. The molecule has 0 aliphatic carbocycles. The number of rotatable bonds is 4. The molecular formula is C15H15N5O2. The van der Waals surface area contributed by atoms with Gasteiger partial charge in [-0.1, -0.05) is 12.1 Å². The monoisotopic (exact) mass is 297 g/mol. The lowest BCUT2D eigenvalue weighted by molar-refractivity contribution is 0.370. The van der Waals surface area contributed by atoms with Crippen molar-refractivity contribution in [3.05, 3.63) is 42.1 Å². The molecule has 0 saturated carbocycles.